The predicted octanol–water partition coefficient (Wildman–Crippen LogP) is 2.77. The number of fused-ring (bicyclic) bond motifs is 1. The topological polar surface area (TPSA) is 47.3 Å². The highest BCUT2D eigenvalue weighted by atomic mass is 16.5. The van der Waals surface area contributed by atoms with Gasteiger partial charge in [-0.3, -0.25) is 0 Å². The second-order valence-corrected chi connectivity index (χ2v) is 6.04. The number of rotatable bonds is 5. The van der Waals surface area contributed by atoms with E-state index in [0.717, 1.165) is 42.9 Å². The van der Waals surface area contributed by atoms with Gasteiger partial charge >= 0.3 is 0 Å². The van der Waals surface area contributed by atoms with Gasteiger partial charge in [0.2, 0.25) is 0 Å². The van der Waals surface area contributed by atoms with Gasteiger partial charge in [0.25, 0.3) is 0 Å². The first-order chi connectivity index (χ1) is 10.2. The van der Waals surface area contributed by atoms with E-state index >= 15 is 0 Å². The van der Waals surface area contributed by atoms with Crippen LogP contribution in [0.4, 0.5) is 0 Å². The average molecular weight is 288 g/mol. The maximum atomic E-state index is 10.5. The first-order valence-corrected chi connectivity index (χ1v) is 7.94. The van der Waals surface area contributed by atoms with Crippen molar-refractivity contribution in [3.8, 4) is 0 Å². The molecule has 1 saturated heterocycles. The molecule has 4 heteroatoms. The van der Waals surface area contributed by atoms with Crippen molar-refractivity contribution in [1.29, 1.82) is 0 Å². The lowest BCUT2D eigenvalue weighted by Crippen LogP contribution is -2.32. The summed E-state index contributed by atoms with van der Waals surface area (Å²) in [4.78, 5) is 4.72. The monoisotopic (exact) mass is 288 g/mol. The summed E-state index contributed by atoms with van der Waals surface area (Å²) >= 11 is 0. The van der Waals surface area contributed by atoms with Gasteiger partial charge in [-0.05, 0) is 30.9 Å². The Morgan fingerprint density at radius 3 is 2.95 bits per heavy atom. The number of aliphatic hydroxyl groups is 1. The van der Waals surface area contributed by atoms with Gasteiger partial charge in [0.15, 0.2) is 0 Å². The first-order valence-electron chi connectivity index (χ1n) is 7.94. The Morgan fingerprint density at radius 2 is 2.24 bits per heavy atom. The summed E-state index contributed by atoms with van der Waals surface area (Å²) in [6, 6.07) is 8.18. The number of aromatic nitrogens is 2. The van der Waals surface area contributed by atoms with E-state index < -0.39 is 6.10 Å². The molecule has 21 heavy (non-hydrogen) atoms. The fourth-order valence-corrected chi connectivity index (χ4v) is 3.27. The van der Waals surface area contributed by atoms with Crippen LogP contribution in [-0.2, 0) is 17.7 Å². The van der Waals surface area contributed by atoms with Crippen molar-refractivity contribution < 1.29 is 9.84 Å². The van der Waals surface area contributed by atoms with Gasteiger partial charge in [-0.1, -0.05) is 26.0 Å². The van der Waals surface area contributed by atoms with E-state index in [1.54, 1.807) is 0 Å². The molecule has 1 fully saturated rings. The Hall–Kier alpha value is -1.39. The molecule has 0 saturated carbocycles. The van der Waals surface area contributed by atoms with E-state index in [9.17, 15) is 5.11 Å². The summed E-state index contributed by atoms with van der Waals surface area (Å²) in [5.74, 6) is 1.39. The number of nitrogens with zero attached hydrogens (tertiary/aromatic N) is 2. The Kier molecular flexibility index (Phi) is 4.27. The Morgan fingerprint density at radius 1 is 1.43 bits per heavy atom. The number of aryl methyl sites for hydroxylation is 1. The van der Waals surface area contributed by atoms with Crippen LogP contribution in [0.1, 0.15) is 32.5 Å². The van der Waals surface area contributed by atoms with Gasteiger partial charge in [0, 0.05) is 19.6 Å². The average Bonchev–Trinajstić information content (AvgIpc) is 3.04. The zero-order valence-corrected chi connectivity index (χ0v) is 12.8. The Bertz CT molecular complexity index is 608. The van der Waals surface area contributed by atoms with Crippen molar-refractivity contribution in [3.05, 3.63) is 30.1 Å². The second kappa shape index (κ2) is 6.16. The fraction of sp³-hybridized carbons (Fsp3) is 0.588. The number of para-hydroxylation sites is 2. The highest BCUT2D eigenvalue weighted by Gasteiger charge is 2.31. The van der Waals surface area contributed by atoms with E-state index in [2.05, 4.69) is 24.5 Å². The molecule has 0 spiro atoms. The minimum atomic E-state index is -0.477. The molecule has 4 nitrogen and oxygen atoms in total. The first kappa shape index (κ1) is 14.5. The Labute approximate surface area is 125 Å². The molecular formula is C17H24N2O2. The molecule has 1 aromatic heterocycles. The zero-order chi connectivity index (χ0) is 14.8. The molecule has 0 aliphatic carbocycles. The SMILES string of the molecule is CCCn1c(CC(O)C2OCCC2C)nc2ccccc21. The molecule has 114 valence electrons. The number of hydrogen-bond donors (Lipinski definition) is 1. The van der Waals surface area contributed by atoms with Gasteiger partial charge < -0.3 is 14.4 Å². The highest BCUT2D eigenvalue weighted by molar-refractivity contribution is 5.75. The molecule has 0 bridgehead atoms. The van der Waals surface area contributed by atoms with E-state index in [1.165, 1.54) is 0 Å². The van der Waals surface area contributed by atoms with Gasteiger partial charge in [-0.2, -0.15) is 0 Å². The van der Waals surface area contributed by atoms with Crippen LogP contribution in [-0.4, -0.2) is 33.5 Å². The minimum Gasteiger partial charge on any atom is -0.390 e. The van der Waals surface area contributed by atoms with Crippen LogP contribution >= 0.6 is 0 Å². The molecule has 1 aliphatic heterocycles. The van der Waals surface area contributed by atoms with Crippen LogP contribution in [0.25, 0.3) is 11.0 Å². The molecule has 0 amide bonds. The van der Waals surface area contributed by atoms with Gasteiger partial charge in [0.1, 0.15) is 5.82 Å². The second-order valence-electron chi connectivity index (χ2n) is 6.04. The van der Waals surface area contributed by atoms with Gasteiger partial charge in [-0.15, -0.1) is 0 Å². The molecule has 1 aliphatic rings. The molecule has 0 radical (unpaired) electrons. The zero-order valence-electron chi connectivity index (χ0n) is 12.8. The smallest absolute Gasteiger partial charge is 0.112 e. The number of imidazole rings is 1. The van der Waals surface area contributed by atoms with Crippen LogP contribution in [0.3, 0.4) is 0 Å². The molecular weight excluding hydrogens is 264 g/mol. The Balaban J connectivity index is 1.87. The van der Waals surface area contributed by atoms with E-state index in [4.69, 9.17) is 9.72 Å². The summed E-state index contributed by atoms with van der Waals surface area (Å²) in [7, 11) is 0. The third-order valence-corrected chi connectivity index (χ3v) is 4.40. The lowest BCUT2D eigenvalue weighted by Gasteiger charge is -2.21. The molecule has 3 rings (SSSR count). The summed E-state index contributed by atoms with van der Waals surface area (Å²) in [5, 5.41) is 10.5. The summed E-state index contributed by atoms with van der Waals surface area (Å²) in [5.41, 5.74) is 2.16. The number of hydrogen-bond acceptors (Lipinski definition) is 3. The lowest BCUT2D eigenvalue weighted by atomic mass is 9.97. The molecule has 3 unspecified atom stereocenters. The van der Waals surface area contributed by atoms with E-state index in [-0.39, 0.29) is 6.10 Å². The number of aliphatic hydroxyl groups excluding tert-OH is 1. The molecule has 3 atom stereocenters. The number of benzene rings is 1. The van der Waals surface area contributed by atoms with Gasteiger partial charge in [-0.25, -0.2) is 4.98 Å². The highest BCUT2D eigenvalue weighted by Crippen LogP contribution is 2.25. The maximum Gasteiger partial charge on any atom is 0.112 e. The van der Waals surface area contributed by atoms with Crippen molar-refractivity contribution >= 4 is 11.0 Å². The quantitative estimate of drug-likeness (QED) is 0.920. The summed E-state index contributed by atoms with van der Waals surface area (Å²) in [6.45, 7) is 6.00. The normalized spacial score (nSPS) is 23.8. The van der Waals surface area contributed by atoms with Crippen molar-refractivity contribution in [2.24, 2.45) is 5.92 Å². The minimum absolute atomic E-state index is 0.0557. The third-order valence-electron chi connectivity index (χ3n) is 4.40. The van der Waals surface area contributed by atoms with Gasteiger partial charge in [0.05, 0.1) is 23.2 Å². The van der Waals surface area contributed by atoms with Crippen LogP contribution in [0.15, 0.2) is 24.3 Å². The van der Waals surface area contributed by atoms with E-state index in [0.29, 0.717) is 12.3 Å². The molecule has 1 aromatic carbocycles. The van der Waals surface area contributed by atoms with Crippen LogP contribution in [0, 0.1) is 5.92 Å². The van der Waals surface area contributed by atoms with Crippen molar-refractivity contribution in [2.45, 2.75) is 51.9 Å². The lowest BCUT2D eigenvalue weighted by molar-refractivity contribution is -0.0169. The third kappa shape index (κ3) is 2.83. The van der Waals surface area contributed by atoms with Crippen molar-refractivity contribution in [1.82, 2.24) is 9.55 Å². The molecule has 2 heterocycles. The van der Waals surface area contributed by atoms with Crippen molar-refractivity contribution in [3.63, 3.8) is 0 Å². The summed E-state index contributed by atoms with van der Waals surface area (Å²) < 4.78 is 7.92. The fourth-order valence-electron chi connectivity index (χ4n) is 3.27. The number of ether oxygens (including phenoxy) is 1. The maximum absolute atomic E-state index is 10.5. The van der Waals surface area contributed by atoms with E-state index in [1.807, 2.05) is 18.2 Å². The van der Waals surface area contributed by atoms with Crippen molar-refractivity contribution in [2.75, 3.05) is 6.61 Å². The largest absolute Gasteiger partial charge is 0.390 e. The summed E-state index contributed by atoms with van der Waals surface area (Å²) in [6.07, 6.45) is 2.12. The standard InChI is InChI=1S/C17H24N2O2/c1-3-9-19-14-7-5-4-6-13(14)18-16(19)11-15(20)17-12(2)8-10-21-17/h4-7,12,15,17,20H,3,8-11H2,1-2H3. The van der Waals surface area contributed by atoms with Crippen LogP contribution in [0.5, 0.6) is 0 Å². The van der Waals surface area contributed by atoms with Crippen LogP contribution in [0.2, 0.25) is 0 Å². The predicted molar refractivity (Wildman–Crippen MR) is 83.3 cm³/mol. The molecule has 1 N–H and O–H groups in total. The molecule has 2 aromatic rings. The van der Waals surface area contributed by atoms with Crippen LogP contribution < -0.4 is 0 Å².